The lowest BCUT2D eigenvalue weighted by Crippen LogP contribution is -2.30. The third kappa shape index (κ3) is 3.19. The molecular weight excluding hydrogens is 266 g/mol. The predicted octanol–water partition coefficient (Wildman–Crippen LogP) is 2.48. The zero-order chi connectivity index (χ0) is 14.8. The minimum atomic E-state index is 0.207. The third-order valence-corrected chi connectivity index (χ3v) is 4.86. The predicted molar refractivity (Wildman–Crippen MR) is 82.0 cm³/mol. The van der Waals surface area contributed by atoms with Gasteiger partial charge in [0, 0.05) is 6.04 Å². The highest BCUT2D eigenvalue weighted by Gasteiger charge is 2.41. The highest BCUT2D eigenvalue weighted by molar-refractivity contribution is 5.33. The highest BCUT2D eigenvalue weighted by atomic mass is 16.5. The van der Waals surface area contributed by atoms with Gasteiger partial charge in [0.2, 0.25) is 11.9 Å². The Hall–Kier alpha value is -1.59. The van der Waals surface area contributed by atoms with Gasteiger partial charge in [0.25, 0.3) is 0 Å². The van der Waals surface area contributed by atoms with E-state index in [2.05, 4.69) is 27.2 Å². The molecule has 3 N–H and O–H groups in total. The summed E-state index contributed by atoms with van der Waals surface area (Å²) in [5.74, 6) is 3.27. The summed E-state index contributed by atoms with van der Waals surface area (Å²) in [6.45, 7) is 4.85. The van der Waals surface area contributed by atoms with E-state index < -0.39 is 0 Å². The lowest BCUT2D eigenvalue weighted by atomic mass is 9.84. The summed E-state index contributed by atoms with van der Waals surface area (Å²) >= 11 is 0. The zero-order valence-corrected chi connectivity index (χ0v) is 12.9. The van der Waals surface area contributed by atoms with Crippen LogP contribution in [0.5, 0.6) is 6.01 Å². The van der Waals surface area contributed by atoms with Gasteiger partial charge in [-0.1, -0.05) is 13.3 Å². The molecule has 1 heterocycles. The molecule has 4 unspecified atom stereocenters. The van der Waals surface area contributed by atoms with E-state index in [0.29, 0.717) is 24.6 Å². The number of fused-ring (bicyclic) bond motifs is 2. The van der Waals surface area contributed by atoms with E-state index in [9.17, 15) is 0 Å². The fourth-order valence-corrected chi connectivity index (χ4v) is 3.91. The van der Waals surface area contributed by atoms with Gasteiger partial charge in [-0.05, 0) is 50.4 Å². The van der Waals surface area contributed by atoms with Crippen molar-refractivity contribution < 1.29 is 4.74 Å². The highest BCUT2D eigenvalue weighted by Crippen LogP contribution is 2.49. The summed E-state index contributed by atoms with van der Waals surface area (Å²) in [7, 11) is 0. The number of rotatable bonds is 6. The maximum absolute atomic E-state index is 5.74. The molecule has 2 saturated carbocycles. The van der Waals surface area contributed by atoms with Crippen LogP contribution in [-0.2, 0) is 0 Å². The molecule has 0 radical (unpaired) electrons. The number of nitrogens with one attached hydrogen (secondary N) is 1. The molecule has 1 aromatic heterocycles. The average Bonchev–Trinajstić information content (AvgIpc) is 3.07. The Kier molecular flexibility index (Phi) is 4.12. The summed E-state index contributed by atoms with van der Waals surface area (Å²) in [6.07, 6.45) is 6.45. The maximum Gasteiger partial charge on any atom is 0.323 e. The molecule has 3 rings (SSSR count). The second-order valence-corrected chi connectivity index (χ2v) is 6.42. The molecule has 6 nitrogen and oxygen atoms in total. The number of nitrogens with zero attached hydrogens (tertiary/aromatic N) is 3. The minimum Gasteiger partial charge on any atom is -0.463 e. The summed E-state index contributed by atoms with van der Waals surface area (Å²) in [6, 6.07) is 0.674. The summed E-state index contributed by atoms with van der Waals surface area (Å²) in [5.41, 5.74) is 5.74. The van der Waals surface area contributed by atoms with Gasteiger partial charge in [0.15, 0.2) is 0 Å². The standard InChI is InChI=1S/C15H25N5O/c1-3-6-21-15-19-13(16)18-14(20-15)17-9(2)12-8-10-4-5-11(12)7-10/h9-12H,3-8H2,1-2H3,(H3,16,17,18,19,20). The van der Waals surface area contributed by atoms with Crippen molar-refractivity contribution in [1.29, 1.82) is 0 Å². The Morgan fingerprint density at radius 3 is 2.81 bits per heavy atom. The number of hydrogen-bond acceptors (Lipinski definition) is 6. The molecular formula is C15H25N5O. The molecule has 4 atom stereocenters. The molecule has 0 amide bonds. The summed E-state index contributed by atoms with van der Waals surface area (Å²) < 4.78 is 5.45. The van der Waals surface area contributed by atoms with E-state index in [4.69, 9.17) is 10.5 Å². The average molecular weight is 291 g/mol. The molecule has 6 heteroatoms. The lowest BCUT2D eigenvalue weighted by Gasteiger charge is -2.28. The van der Waals surface area contributed by atoms with Gasteiger partial charge in [0.05, 0.1) is 6.61 Å². The first-order chi connectivity index (χ1) is 10.2. The first-order valence-corrected chi connectivity index (χ1v) is 8.06. The van der Waals surface area contributed by atoms with E-state index in [1.807, 2.05) is 6.92 Å². The Bertz CT molecular complexity index is 495. The van der Waals surface area contributed by atoms with Gasteiger partial charge in [-0.2, -0.15) is 15.0 Å². The molecule has 1 aromatic rings. The van der Waals surface area contributed by atoms with Crippen molar-refractivity contribution in [2.45, 2.75) is 52.0 Å². The molecule has 2 fully saturated rings. The van der Waals surface area contributed by atoms with Crippen LogP contribution in [-0.4, -0.2) is 27.6 Å². The van der Waals surface area contributed by atoms with Crippen LogP contribution in [0, 0.1) is 17.8 Å². The van der Waals surface area contributed by atoms with Crippen LogP contribution < -0.4 is 15.8 Å². The van der Waals surface area contributed by atoms with Gasteiger partial charge in [-0.15, -0.1) is 0 Å². The largest absolute Gasteiger partial charge is 0.463 e. The van der Waals surface area contributed by atoms with Crippen molar-refractivity contribution in [2.75, 3.05) is 17.7 Å². The Labute approximate surface area is 125 Å². The fourth-order valence-electron chi connectivity index (χ4n) is 3.91. The van der Waals surface area contributed by atoms with Gasteiger partial charge >= 0.3 is 6.01 Å². The smallest absolute Gasteiger partial charge is 0.323 e. The number of nitrogens with two attached hydrogens (primary N) is 1. The van der Waals surface area contributed by atoms with E-state index >= 15 is 0 Å². The molecule has 0 spiro atoms. The second-order valence-electron chi connectivity index (χ2n) is 6.42. The summed E-state index contributed by atoms with van der Waals surface area (Å²) in [4.78, 5) is 12.5. The van der Waals surface area contributed by atoms with Crippen LogP contribution in [0.25, 0.3) is 0 Å². The SMILES string of the molecule is CCCOc1nc(N)nc(NC(C)C2CC3CCC2C3)n1. The minimum absolute atomic E-state index is 0.207. The van der Waals surface area contributed by atoms with E-state index in [1.165, 1.54) is 25.7 Å². The Balaban J connectivity index is 1.65. The van der Waals surface area contributed by atoms with Crippen molar-refractivity contribution in [1.82, 2.24) is 15.0 Å². The van der Waals surface area contributed by atoms with Crippen molar-refractivity contribution in [3.05, 3.63) is 0 Å². The molecule has 2 aliphatic rings. The maximum atomic E-state index is 5.74. The van der Waals surface area contributed by atoms with Crippen LogP contribution in [0.4, 0.5) is 11.9 Å². The van der Waals surface area contributed by atoms with Crippen molar-refractivity contribution >= 4 is 11.9 Å². The number of anilines is 2. The zero-order valence-electron chi connectivity index (χ0n) is 12.9. The Morgan fingerprint density at radius 1 is 1.29 bits per heavy atom. The first-order valence-electron chi connectivity index (χ1n) is 8.06. The van der Waals surface area contributed by atoms with E-state index in [1.54, 1.807) is 0 Å². The third-order valence-electron chi connectivity index (χ3n) is 4.86. The van der Waals surface area contributed by atoms with Crippen molar-refractivity contribution in [2.24, 2.45) is 17.8 Å². The molecule has 0 aliphatic heterocycles. The topological polar surface area (TPSA) is 86.0 Å². The van der Waals surface area contributed by atoms with Crippen LogP contribution in [0.15, 0.2) is 0 Å². The number of aromatic nitrogens is 3. The van der Waals surface area contributed by atoms with Crippen LogP contribution in [0.1, 0.15) is 46.0 Å². The second kappa shape index (κ2) is 6.03. The molecule has 0 saturated heterocycles. The monoisotopic (exact) mass is 291 g/mol. The van der Waals surface area contributed by atoms with Crippen LogP contribution >= 0.6 is 0 Å². The number of hydrogen-bond donors (Lipinski definition) is 2. The number of nitrogen functional groups attached to an aromatic ring is 1. The molecule has 21 heavy (non-hydrogen) atoms. The quantitative estimate of drug-likeness (QED) is 0.837. The molecule has 2 aliphatic carbocycles. The van der Waals surface area contributed by atoms with Gasteiger partial charge in [-0.25, -0.2) is 0 Å². The van der Waals surface area contributed by atoms with Gasteiger partial charge < -0.3 is 15.8 Å². The first kappa shape index (κ1) is 14.4. The van der Waals surface area contributed by atoms with Crippen molar-refractivity contribution in [3.8, 4) is 6.01 Å². The van der Waals surface area contributed by atoms with Gasteiger partial charge in [-0.3, -0.25) is 0 Å². The molecule has 0 aromatic carbocycles. The fraction of sp³-hybridized carbons (Fsp3) is 0.800. The van der Waals surface area contributed by atoms with Crippen LogP contribution in [0.3, 0.4) is 0 Å². The van der Waals surface area contributed by atoms with Crippen molar-refractivity contribution in [3.63, 3.8) is 0 Å². The lowest BCUT2D eigenvalue weighted by molar-refractivity contribution is 0.290. The van der Waals surface area contributed by atoms with E-state index in [0.717, 1.165) is 24.2 Å². The molecule has 2 bridgehead atoms. The molecule has 116 valence electrons. The Morgan fingerprint density at radius 2 is 2.14 bits per heavy atom. The van der Waals surface area contributed by atoms with E-state index in [-0.39, 0.29) is 5.95 Å². The van der Waals surface area contributed by atoms with Crippen LogP contribution in [0.2, 0.25) is 0 Å². The normalized spacial score (nSPS) is 28.6. The summed E-state index contributed by atoms with van der Waals surface area (Å²) in [5, 5.41) is 3.40. The number of ether oxygens (including phenoxy) is 1. The van der Waals surface area contributed by atoms with Gasteiger partial charge in [0.1, 0.15) is 0 Å².